The Kier molecular flexibility index (Phi) is 8.40. The van der Waals surface area contributed by atoms with E-state index >= 15 is 0 Å². The van der Waals surface area contributed by atoms with E-state index in [0.29, 0.717) is 13.3 Å². The summed E-state index contributed by atoms with van der Waals surface area (Å²) in [5.41, 5.74) is 3.72. The van der Waals surface area contributed by atoms with E-state index in [4.69, 9.17) is 0 Å². The van der Waals surface area contributed by atoms with E-state index in [-0.39, 0.29) is 0 Å². The molecule has 0 atom stereocenters. The summed E-state index contributed by atoms with van der Waals surface area (Å²) < 4.78 is 0. The third kappa shape index (κ3) is 4.79. The second kappa shape index (κ2) is 9.77. The Labute approximate surface area is 166 Å². The average molecular weight is 651 g/mol. The normalized spacial score (nSPS) is 11.6. The summed E-state index contributed by atoms with van der Waals surface area (Å²) in [6.07, 6.45) is 0. The first kappa shape index (κ1) is 18.9. The van der Waals surface area contributed by atoms with Gasteiger partial charge in [0.25, 0.3) is 0 Å². The number of halogens is 3. The molecule has 22 heavy (non-hydrogen) atoms. The van der Waals surface area contributed by atoms with E-state index in [1.165, 1.54) is 26.9 Å². The maximum atomic E-state index is 3.50. The van der Waals surface area contributed by atoms with Crippen molar-refractivity contribution in [3.63, 3.8) is 0 Å². The van der Waals surface area contributed by atoms with Crippen LogP contribution in [0.4, 0.5) is 17.1 Å². The molecule has 0 amide bonds. The molecule has 2 aromatic rings. The van der Waals surface area contributed by atoms with Crippen molar-refractivity contribution >= 4 is 66.1 Å². The van der Waals surface area contributed by atoms with Crippen LogP contribution < -0.4 is 23.5 Å². The average Bonchev–Trinajstić information content (AvgIpc) is 2.55. The van der Waals surface area contributed by atoms with Crippen molar-refractivity contribution < 1.29 is 13.3 Å². The van der Waals surface area contributed by atoms with Crippen LogP contribution in [0.3, 0.4) is 0 Å². The summed E-state index contributed by atoms with van der Waals surface area (Å²) >= 11 is 7.15. The SMILES string of the molecule is CCN(CC)c1ccc2c(c1)Sc1ccccc1N2.I[I-]I. The van der Waals surface area contributed by atoms with Crippen molar-refractivity contribution in [1.82, 2.24) is 0 Å². The predicted molar refractivity (Wildman–Crippen MR) is 112 cm³/mol. The van der Waals surface area contributed by atoms with Crippen molar-refractivity contribution in [3.05, 3.63) is 42.5 Å². The Morgan fingerprint density at radius 2 is 1.64 bits per heavy atom. The fraction of sp³-hybridized carbons (Fsp3) is 0.250. The summed E-state index contributed by atoms with van der Waals surface area (Å²) in [5, 5.41) is 3.50. The van der Waals surface area contributed by atoms with Crippen LogP contribution in [-0.4, -0.2) is 13.1 Å². The summed E-state index contributed by atoms with van der Waals surface area (Å²) in [4.78, 5) is 4.98. The minimum absolute atomic E-state index is 0.530. The van der Waals surface area contributed by atoms with Gasteiger partial charge in [0.05, 0.1) is 11.4 Å². The molecule has 0 unspecified atom stereocenters. The van der Waals surface area contributed by atoms with Crippen LogP contribution in [0.15, 0.2) is 52.3 Å². The van der Waals surface area contributed by atoms with Crippen LogP contribution in [0, 0.1) is 0 Å². The molecule has 0 radical (unpaired) electrons. The molecule has 0 saturated heterocycles. The van der Waals surface area contributed by atoms with Crippen LogP contribution >= 0.6 is 49.0 Å². The standard InChI is InChI=1S/C16H18N2S.I3/c1-3-18(4-2)12-9-10-14-16(11-12)19-15-8-6-5-7-13(15)17-14;1-3-2/h5-11,17H,3-4H2,1-2H3;/q;-1. The summed E-state index contributed by atoms with van der Waals surface area (Å²) in [7, 11) is 0. The molecule has 2 nitrogen and oxygen atoms in total. The van der Waals surface area contributed by atoms with Crippen molar-refractivity contribution in [2.45, 2.75) is 23.6 Å². The number of para-hydroxylation sites is 1. The molecular weight excluding hydrogens is 633 g/mol. The van der Waals surface area contributed by atoms with Gasteiger partial charge >= 0.3 is 50.5 Å². The van der Waals surface area contributed by atoms with Crippen molar-refractivity contribution in [2.75, 3.05) is 23.3 Å². The summed E-state index contributed by atoms with van der Waals surface area (Å²) in [6, 6.07) is 15.1. The predicted octanol–water partition coefficient (Wildman–Crippen LogP) is 3.52. The zero-order chi connectivity index (χ0) is 15.9. The second-order valence-corrected chi connectivity index (χ2v) is 22.0. The number of nitrogens with one attached hydrogen (secondary N) is 1. The molecule has 1 aliphatic rings. The van der Waals surface area contributed by atoms with Gasteiger partial charge in [0.15, 0.2) is 0 Å². The molecule has 0 aromatic heterocycles. The molecule has 6 heteroatoms. The van der Waals surface area contributed by atoms with Gasteiger partial charge < -0.3 is 10.2 Å². The van der Waals surface area contributed by atoms with Crippen LogP contribution in [0.2, 0.25) is 0 Å². The zero-order valence-electron chi connectivity index (χ0n) is 12.4. The zero-order valence-corrected chi connectivity index (χ0v) is 19.7. The van der Waals surface area contributed by atoms with Gasteiger partial charge in [0.2, 0.25) is 0 Å². The Morgan fingerprint density at radius 1 is 1.00 bits per heavy atom. The van der Waals surface area contributed by atoms with Gasteiger partial charge in [-0.05, 0) is 44.2 Å². The van der Waals surface area contributed by atoms with Crippen LogP contribution in [0.5, 0.6) is 0 Å². The first-order chi connectivity index (χ1) is 10.7. The van der Waals surface area contributed by atoms with E-state index in [1.807, 2.05) is 11.8 Å². The molecule has 1 N–H and O–H groups in total. The van der Waals surface area contributed by atoms with Gasteiger partial charge in [-0.3, -0.25) is 0 Å². The Balaban J connectivity index is 0.000000545. The molecule has 0 aliphatic carbocycles. The van der Waals surface area contributed by atoms with Gasteiger partial charge in [0.1, 0.15) is 0 Å². The Morgan fingerprint density at radius 3 is 2.32 bits per heavy atom. The van der Waals surface area contributed by atoms with Crippen molar-refractivity contribution in [1.29, 1.82) is 0 Å². The molecule has 0 bridgehead atoms. The molecule has 1 heterocycles. The van der Waals surface area contributed by atoms with Gasteiger partial charge in [-0.25, -0.2) is 0 Å². The van der Waals surface area contributed by atoms with E-state index in [1.54, 1.807) is 0 Å². The van der Waals surface area contributed by atoms with E-state index < -0.39 is 0 Å². The first-order valence-corrected chi connectivity index (χ1v) is 20.4. The van der Waals surface area contributed by atoms with Gasteiger partial charge in [0, 0.05) is 28.6 Å². The van der Waals surface area contributed by atoms with E-state index in [2.05, 4.69) is 104 Å². The minimum atomic E-state index is 0.530. The maximum absolute atomic E-state index is 3.50. The van der Waals surface area contributed by atoms with Gasteiger partial charge in [-0.1, -0.05) is 23.9 Å². The van der Waals surface area contributed by atoms with Crippen LogP contribution in [0.1, 0.15) is 13.8 Å². The monoisotopic (exact) mass is 651 g/mol. The van der Waals surface area contributed by atoms with Crippen LogP contribution in [-0.2, 0) is 0 Å². The van der Waals surface area contributed by atoms with Crippen molar-refractivity contribution in [2.24, 2.45) is 0 Å². The van der Waals surface area contributed by atoms with Gasteiger partial charge in [-0.15, -0.1) is 0 Å². The molecule has 0 saturated carbocycles. The third-order valence-corrected chi connectivity index (χ3v) is 4.60. The second-order valence-electron chi connectivity index (χ2n) is 4.63. The molecule has 3 rings (SSSR count). The number of rotatable bonds is 3. The summed E-state index contributed by atoms with van der Waals surface area (Å²) in [6.45, 7) is 6.49. The topological polar surface area (TPSA) is 15.3 Å². The molecule has 2 aromatic carbocycles. The molecule has 1 aliphatic heterocycles. The summed E-state index contributed by atoms with van der Waals surface area (Å²) in [5.74, 6) is 0. The Hall–Kier alpha value is 0.580. The fourth-order valence-electron chi connectivity index (χ4n) is 2.41. The number of anilines is 3. The number of fused-ring (bicyclic) bond motifs is 2. The van der Waals surface area contributed by atoms with Gasteiger partial charge in [-0.2, -0.15) is 0 Å². The number of hydrogen-bond donors (Lipinski definition) is 1. The quantitative estimate of drug-likeness (QED) is 0.437. The van der Waals surface area contributed by atoms with Crippen molar-refractivity contribution in [3.8, 4) is 0 Å². The third-order valence-electron chi connectivity index (χ3n) is 3.47. The van der Waals surface area contributed by atoms with E-state index in [9.17, 15) is 0 Å². The van der Waals surface area contributed by atoms with Crippen LogP contribution in [0.25, 0.3) is 0 Å². The number of benzene rings is 2. The Bertz CT molecular complexity index is 618. The number of nitrogens with zero attached hydrogens (tertiary/aromatic N) is 1. The fourth-order valence-corrected chi connectivity index (χ4v) is 3.43. The number of hydrogen-bond acceptors (Lipinski definition) is 3. The molecule has 0 fully saturated rings. The first-order valence-electron chi connectivity index (χ1n) is 7.03. The molecular formula is C16H18I3N2S-. The van der Waals surface area contributed by atoms with E-state index in [0.717, 1.165) is 13.1 Å². The molecule has 0 spiro atoms. The molecule has 120 valence electrons.